The van der Waals surface area contributed by atoms with Crippen LogP contribution >= 0.6 is 23.2 Å². The van der Waals surface area contributed by atoms with Crippen LogP contribution in [0.5, 0.6) is 11.6 Å². The predicted octanol–water partition coefficient (Wildman–Crippen LogP) is 5.49. The molecule has 1 fully saturated rings. The van der Waals surface area contributed by atoms with E-state index in [1.807, 2.05) is 6.92 Å². The summed E-state index contributed by atoms with van der Waals surface area (Å²) >= 11 is 11.8. The molecule has 1 atom stereocenters. The Morgan fingerprint density at radius 2 is 1.96 bits per heavy atom. The average molecular weight is 395 g/mol. The van der Waals surface area contributed by atoms with Crippen molar-refractivity contribution >= 4 is 23.2 Å². The number of halogens is 5. The lowest BCUT2D eigenvalue weighted by molar-refractivity contribution is -0.137. The van der Waals surface area contributed by atoms with Crippen molar-refractivity contribution in [1.82, 2.24) is 9.78 Å². The van der Waals surface area contributed by atoms with E-state index in [1.54, 1.807) is 10.7 Å². The molecular formula is C16H15Cl2F3N2O2. The van der Waals surface area contributed by atoms with E-state index in [2.05, 4.69) is 5.10 Å². The van der Waals surface area contributed by atoms with Crippen molar-refractivity contribution in [3.05, 3.63) is 39.5 Å². The van der Waals surface area contributed by atoms with Crippen molar-refractivity contribution in [2.24, 2.45) is 0 Å². The van der Waals surface area contributed by atoms with Gasteiger partial charge in [0.2, 0.25) is 5.88 Å². The molecule has 1 saturated heterocycles. The molecule has 136 valence electrons. The van der Waals surface area contributed by atoms with Crippen LogP contribution in [0, 0.1) is 6.92 Å². The van der Waals surface area contributed by atoms with Crippen molar-refractivity contribution in [3.8, 4) is 11.6 Å². The third-order valence-electron chi connectivity index (χ3n) is 3.89. The van der Waals surface area contributed by atoms with E-state index >= 15 is 0 Å². The molecule has 0 spiro atoms. The molecule has 2 aromatic rings. The van der Waals surface area contributed by atoms with Crippen molar-refractivity contribution in [2.75, 3.05) is 6.61 Å². The summed E-state index contributed by atoms with van der Waals surface area (Å²) in [6.07, 6.45) is -2.45. The van der Waals surface area contributed by atoms with Crippen LogP contribution in [0.15, 0.2) is 18.2 Å². The van der Waals surface area contributed by atoms with Gasteiger partial charge in [0.1, 0.15) is 0 Å². The number of ether oxygens (including phenoxy) is 2. The highest BCUT2D eigenvalue weighted by Crippen LogP contribution is 2.41. The quantitative estimate of drug-likeness (QED) is 0.687. The van der Waals surface area contributed by atoms with E-state index in [9.17, 15) is 13.2 Å². The molecule has 2 heterocycles. The summed E-state index contributed by atoms with van der Waals surface area (Å²) in [4.78, 5) is 0. The first-order valence-corrected chi connectivity index (χ1v) is 8.40. The molecule has 25 heavy (non-hydrogen) atoms. The summed E-state index contributed by atoms with van der Waals surface area (Å²) in [5, 5.41) is 3.84. The van der Waals surface area contributed by atoms with Crippen molar-refractivity contribution < 1.29 is 22.6 Å². The van der Waals surface area contributed by atoms with Crippen LogP contribution in [0.25, 0.3) is 0 Å². The zero-order valence-corrected chi connectivity index (χ0v) is 14.8. The first-order chi connectivity index (χ1) is 11.7. The zero-order chi connectivity index (χ0) is 18.2. The fourth-order valence-corrected chi connectivity index (χ4v) is 3.19. The third kappa shape index (κ3) is 4.22. The van der Waals surface area contributed by atoms with Crippen molar-refractivity contribution in [3.63, 3.8) is 0 Å². The van der Waals surface area contributed by atoms with Gasteiger partial charge in [0, 0.05) is 18.4 Å². The highest BCUT2D eigenvalue weighted by Gasteiger charge is 2.32. The van der Waals surface area contributed by atoms with Crippen LogP contribution in [0.4, 0.5) is 13.2 Å². The number of aryl methyl sites for hydroxylation is 1. The Morgan fingerprint density at radius 3 is 2.52 bits per heavy atom. The summed E-state index contributed by atoms with van der Waals surface area (Å²) in [5.74, 6) is 0.150. The molecule has 4 nitrogen and oxygen atoms in total. The van der Waals surface area contributed by atoms with E-state index in [-0.39, 0.29) is 27.8 Å². The molecular weight excluding hydrogens is 380 g/mol. The summed E-state index contributed by atoms with van der Waals surface area (Å²) < 4.78 is 51.1. The normalized spacial score (nSPS) is 17.9. The van der Waals surface area contributed by atoms with Crippen LogP contribution in [0.2, 0.25) is 10.0 Å². The number of alkyl halides is 3. The Morgan fingerprint density at radius 1 is 1.28 bits per heavy atom. The second-order valence-corrected chi connectivity index (χ2v) is 6.62. The Labute approximate surface area is 152 Å². The number of aromatic nitrogens is 2. The zero-order valence-electron chi connectivity index (χ0n) is 13.2. The molecule has 0 bridgehead atoms. The van der Waals surface area contributed by atoms with Gasteiger partial charge in [-0.2, -0.15) is 13.2 Å². The molecule has 3 rings (SSSR count). The Hall–Kier alpha value is -1.44. The van der Waals surface area contributed by atoms with Gasteiger partial charge in [0.05, 0.1) is 28.3 Å². The standard InChI is InChI=1S/C16H15Cl2F3N2O2/c1-9-5-14(22-23(9)8-11-3-2-4-24-11)25-15-12(17)6-10(7-13(15)18)16(19,20)21/h5-7,11H,2-4,8H2,1H3. The number of hydrogen-bond donors (Lipinski definition) is 0. The van der Waals surface area contributed by atoms with Crippen LogP contribution in [0.1, 0.15) is 24.1 Å². The van der Waals surface area contributed by atoms with E-state index in [1.165, 1.54) is 0 Å². The fraction of sp³-hybridized carbons (Fsp3) is 0.438. The van der Waals surface area contributed by atoms with Gasteiger partial charge >= 0.3 is 6.18 Å². The maximum atomic E-state index is 12.8. The average Bonchev–Trinajstić information content (AvgIpc) is 3.13. The Kier molecular flexibility index (Phi) is 5.18. The van der Waals surface area contributed by atoms with Crippen LogP contribution in [-0.2, 0) is 17.5 Å². The number of benzene rings is 1. The smallest absolute Gasteiger partial charge is 0.416 e. The lowest BCUT2D eigenvalue weighted by Crippen LogP contribution is -2.16. The van der Waals surface area contributed by atoms with Gasteiger partial charge in [0.25, 0.3) is 0 Å². The number of hydrogen-bond acceptors (Lipinski definition) is 3. The molecule has 1 aromatic carbocycles. The molecule has 1 unspecified atom stereocenters. The predicted molar refractivity (Wildman–Crippen MR) is 87.5 cm³/mol. The van der Waals surface area contributed by atoms with E-state index in [4.69, 9.17) is 32.7 Å². The molecule has 0 aliphatic carbocycles. The van der Waals surface area contributed by atoms with Crippen LogP contribution in [-0.4, -0.2) is 22.5 Å². The number of rotatable bonds is 4. The minimum atomic E-state index is -4.54. The van der Waals surface area contributed by atoms with Gasteiger partial charge in [-0.1, -0.05) is 23.2 Å². The van der Waals surface area contributed by atoms with Gasteiger partial charge in [0.15, 0.2) is 5.75 Å². The SMILES string of the molecule is Cc1cc(Oc2c(Cl)cc(C(F)(F)F)cc2Cl)nn1CC1CCCO1. The summed E-state index contributed by atoms with van der Waals surface area (Å²) in [7, 11) is 0. The monoisotopic (exact) mass is 394 g/mol. The van der Waals surface area contributed by atoms with Gasteiger partial charge in [-0.25, -0.2) is 0 Å². The largest absolute Gasteiger partial charge is 0.434 e. The Bertz CT molecular complexity index is 748. The van der Waals surface area contributed by atoms with E-state index in [0.717, 1.165) is 37.3 Å². The second-order valence-electron chi connectivity index (χ2n) is 5.81. The summed E-state index contributed by atoms with van der Waals surface area (Å²) in [5.41, 5.74) is -0.0976. The molecule has 0 amide bonds. The third-order valence-corrected chi connectivity index (χ3v) is 4.45. The highest BCUT2D eigenvalue weighted by atomic mass is 35.5. The highest BCUT2D eigenvalue weighted by molar-refractivity contribution is 6.37. The van der Waals surface area contributed by atoms with Gasteiger partial charge in [-0.3, -0.25) is 4.68 Å². The topological polar surface area (TPSA) is 36.3 Å². The van der Waals surface area contributed by atoms with Gasteiger partial charge in [-0.15, -0.1) is 5.10 Å². The summed E-state index contributed by atoms with van der Waals surface area (Å²) in [6, 6.07) is 3.22. The van der Waals surface area contributed by atoms with Gasteiger partial charge < -0.3 is 9.47 Å². The maximum Gasteiger partial charge on any atom is 0.416 e. The lowest BCUT2D eigenvalue weighted by Gasteiger charge is -2.12. The van der Waals surface area contributed by atoms with Crippen molar-refractivity contribution in [1.29, 1.82) is 0 Å². The molecule has 1 aliphatic heterocycles. The van der Waals surface area contributed by atoms with E-state index < -0.39 is 11.7 Å². The lowest BCUT2D eigenvalue weighted by atomic mass is 10.2. The fourth-order valence-electron chi connectivity index (χ4n) is 2.62. The summed E-state index contributed by atoms with van der Waals surface area (Å²) in [6.45, 7) is 3.18. The van der Waals surface area contributed by atoms with Crippen LogP contribution in [0.3, 0.4) is 0 Å². The molecule has 9 heteroatoms. The first kappa shape index (κ1) is 18.4. The van der Waals surface area contributed by atoms with Crippen LogP contribution < -0.4 is 4.74 Å². The minimum absolute atomic E-state index is 0.0573. The number of nitrogens with zero attached hydrogens (tertiary/aromatic N) is 2. The molecule has 1 aliphatic rings. The van der Waals surface area contributed by atoms with Gasteiger partial charge in [-0.05, 0) is 31.9 Å². The van der Waals surface area contributed by atoms with Crippen molar-refractivity contribution in [2.45, 2.75) is 38.6 Å². The molecule has 0 N–H and O–H groups in total. The Balaban J connectivity index is 1.80. The second kappa shape index (κ2) is 7.05. The first-order valence-electron chi connectivity index (χ1n) is 7.64. The molecule has 0 radical (unpaired) electrons. The van der Waals surface area contributed by atoms with E-state index in [0.29, 0.717) is 6.54 Å². The minimum Gasteiger partial charge on any atom is -0.434 e. The molecule has 0 saturated carbocycles. The molecule has 1 aromatic heterocycles. The maximum absolute atomic E-state index is 12.8.